The molecule has 0 unspecified atom stereocenters. The SMILES string of the molecule is CS(=O)(=O)N(CC(=O)NCCc1ccc(F)cc1)c1ccc(F)cc1F. The van der Waals surface area contributed by atoms with Crippen LogP contribution in [-0.2, 0) is 21.2 Å². The van der Waals surface area contributed by atoms with E-state index < -0.39 is 39.8 Å². The third kappa shape index (κ3) is 5.48. The molecule has 0 atom stereocenters. The van der Waals surface area contributed by atoms with Crippen LogP contribution in [0, 0.1) is 17.5 Å². The molecule has 0 radical (unpaired) electrons. The van der Waals surface area contributed by atoms with Crippen molar-refractivity contribution in [3.8, 4) is 0 Å². The molecule has 0 aliphatic rings. The van der Waals surface area contributed by atoms with Crippen molar-refractivity contribution in [2.24, 2.45) is 0 Å². The predicted octanol–water partition coefficient (Wildman–Crippen LogP) is 2.23. The van der Waals surface area contributed by atoms with E-state index in [0.29, 0.717) is 16.8 Å². The maximum atomic E-state index is 13.9. The van der Waals surface area contributed by atoms with Crippen LogP contribution >= 0.6 is 0 Å². The molecule has 26 heavy (non-hydrogen) atoms. The zero-order valence-electron chi connectivity index (χ0n) is 13.9. The first-order valence-corrected chi connectivity index (χ1v) is 9.45. The van der Waals surface area contributed by atoms with Gasteiger partial charge in [0.2, 0.25) is 15.9 Å². The summed E-state index contributed by atoms with van der Waals surface area (Å²) in [6.07, 6.45) is 1.23. The summed E-state index contributed by atoms with van der Waals surface area (Å²) in [4.78, 5) is 12.0. The summed E-state index contributed by atoms with van der Waals surface area (Å²) in [5.74, 6) is -2.97. The van der Waals surface area contributed by atoms with Gasteiger partial charge in [0.15, 0.2) is 0 Å². The van der Waals surface area contributed by atoms with E-state index in [1.807, 2.05) is 0 Å². The maximum Gasteiger partial charge on any atom is 0.240 e. The van der Waals surface area contributed by atoms with E-state index in [0.717, 1.165) is 24.0 Å². The number of carbonyl (C=O) groups is 1. The van der Waals surface area contributed by atoms with Gasteiger partial charge < -0.3 is 5.32 Å². The fraction of sp³-hybridized carbons (Fsp3) is 0.235. The fourth-order valence-corrected chi connectivity index (χ4v) is 3.11. The van der Waals surface area contributed by atoms with E-state index in [-0.39, 0.29) is 12.4 Å². The minimum Gasteiger partial charge on any atom is -0.354 e. The summed E-state index contributed by atoms with van der Waals surface area (Å²) in [5.41, 5.74) is 0.374. The van der Waals surface area contributed by atoms with Gasteiger partial charge in [0.1, 0.15) is 24.0 Å². The lowest BCUT2D eigenvalue weighted by atomic mass is 10.1. The second kappa shape index (κ2) is 8.22. The minimum atomic E-state index is -3.96. The molecule has 0 bridgehead atoms. The number of nitrogens with one attached hydrogen (secondary N) is 1. The van der Waals surface area contributed by atoms with Crippen molar-refractivity contribution >= 4 is 21.6 Å². The van der Waals surface area contributed by atoms with Crippen molar-refractivity contribution in [1.29, 1.82) is 0 Å². The van der Waals surface area contributed by atoms with E-state index in [9.17, 15) is 26.4 Å². The van der Waals surface area contributed by atoms with Crippen LogP contribution in [0.2, 0.25) is 0 Å². The van der Waals surface area contributed by atoms with Gasteiger partial charge in [-0.15, -0.1) is 0 Å². The Bertz CT molecular complexity index is 887. The summed E-state index contributed by atoms with van der Waals surface area (Å²) in [6.45, 7) is -0.460. The van der Waals surface area contributed by atoms with E-state index in [1.165, 1.54) is 12.1 Å². The lowest BCUT2D eigenvalue weighted by molar-refractivity contribution is -0.119. The normalized spacial score (nSPS) is 11.2. The molecule has 2 aromatic rings. The first-order chi connectivity index (χ1) is 12.2. The molecule has 1 amide bonds. The highest BCUT2D eigenvalue weighted by atomic mass is 32.2. The first kappa shape index (κ1) is 19.8. The number of amides is 1. The van der Waals surface area contributed by atoms with Crippen LogP contribution in [0.25, 0.3) is 0 Å². The highest BCUT2D eigenvalue weighted by Crippen LogP contribution is 2.22. The van der Waals surface area contributed by atoms with Crippen LogP contribution in [0.5, 0.6) is 0 Å². The zero-order valence-corrected chi connectivity index (χ0v) is 14.7. The van der Waals surface area contributed by atoms with Crippen molar-refractivity contribution in [2.45, 2.75) is 6.42 Å². The summed E-state index contributed by atoms with van der Waals surface area (Å²) >= 11 is 0. The second-order valence-electron chi connectivity index (χ2n) is 5.59. The average Bonchev–Trinajstić information content (AvgIpc) is 2.54. The number of sulfonamides is 1. The number of benzene rings is 2. The molecule has 0 aliphatic heterocycles. The van der Waals surface area contributed by atoms with Crippen LogP contribution in [-0.4, -0.2) is 33.7 Å². The lowest BCUT2D eigenvalue weighted by Gasteiger charge is -2.22. The van der Waals surface area contributed by atoms with Crippen LogP contribution < -0.4 is 9.62 Å². The summed E-state index contributed by atoms with van der Waals surface area (Å²) in [7, 11) is -3.96. The van der Waals surface area contributed by atoms with Crippen LogP contribution in [0.3, 0.4) is 0 Å². The molecule has 0 aromatic heterocycles. The third-order valence-corrected chi connectivity index (χ3v) is 4.64. The molecule has 0 saturated heterocycles. The summed E-state index contributed by atoms with van der Waals surface area (Å²) < 4.78 is 64.0. The zero-order chi connectivity index (χ0) is 19.3. The highest BCUT2D eigenvalue weighted by Gasteiger charge is 2.23. The topological polar surface area (TPSA) is 66.5 Å². The molecular formula is C17H17F3N2O3S. The summed E-state index contributed by atoms with van der Waals surface area (Å²) in [6, 6.07) is 8.12. The smallest absolute Gasteiger partial charge is 0.240 e. The van der Waals surface area contributed by atoms with Gasteiger partial charge in [-0.1, -0.05) is 12.1 Å². The number of halogens is 3. The number of anilines is 1. The van der Waals surface area contributed by atoms with Crippen LogP contribution in [0.4, 0.5) is 18.9 Å². The number of nitrogens with zero attached hydrogens (tertiary/aromatic N) is 1. The van der Waals surface area contributed by atoms with Crippen LogP contribution in [0.1, 0.15) is 5.56 Å². The largest absolute Gasteiger partial charge is 0.354 e. The Hall–Kier alpha value is -2.55. The first-order valence-electron chi connectivity index (χ1n) is 7.61. The molecule has 0 fully saturated rings. The van der Waals surface area contributed by atoms with E-state index in [4.69, 9.17) is 0 Å². The molecule has 9 heteroatoms. The second-order valence-corrected chi connectivity index (χ2v) is 7.50. The molecular weight excluding hydrogens is 369 g/mol. The fourth-order valence-electron chi connectivity index (χ4n) is 2.25. The molecule has 0 spiro atoms. The van der Waals surface area contributed by atoms with Gasteiger partial charge in [-0.3, -0.25) is 9.10 Å². The monoisotopic (exact) mass is 386 g/mol. The van der Waals surface area contributed by atoms with Gasteiger partial charge in [-0.2, -0.15) is 0 Å². The van der Waals surface area contributed by atoms with Gasteiger partial charge in [0, 0.05) is 12.6 Å². The Labute approximate surface area is 149 Å². The average molecular weight is 386 g/mol. The number of hydrogen-bond acceptors (Lipinski definition) is 3. The molecule has 0 saturated carbocycles. The Morgan fingerprint density at radius 3 is 2.23 bits per heavy atom. The van der Waals surface area contributed by atoms with Gasteiger partial charge in [-0.25, -0.2) is 21.6 Å². The van der Waals surface area contributed by atoms with Gasteiger partial charge in [0.25, 0.3) is 0 Å². The van der Waals surface area contributed by atoms with Crippen molar-refractivity contribution in [2.75, 3.05) is 23.7 Å². The standard InChI is InChI=1S/C17H17F3N2O3S/c1-26(24,25)22(16-7-6-14(19)10-15(16)20)11-17(23)21-9-8-12-2-4-13(18)5-3-12/h2-7,10H,8-9,11H2,1H3,(H,21,23). The van der Waals surface area contributed by atoms with Gasteiger partial charge >= 0.3 is 0 Å². The molecule has 2 rings (SSSR count). The van der Waals surface area contributed by atoms with Gasteiger partial charge in [0.05, 0.1) is 11.9 Å². The molecule has 0 heterocycles. The predicted molar refractivity (Wildman–Crippen MR) is 91.7 cm³/mol. The molecule has 2 aromatic carbocycles. The highest BCUT2D eigenvalue weighted by molar-refractivity contribution is 7.92. The molecule has 1 N–H and O–H groups in total. The molecule has 140 valence electrons. The Morgan fingerprint density at radius 1 is 1.04 bits per heavy atom. The molecule has 5 nitrogen and oxygen atoms in total. The van der Waals surface area contributed by atoms with Crippen molar-refractivity contribution in [1.82, 2.24) is 5.32 Å². The summed E-state index contributed by atoms with van der Waals surface area (Å²) in [5, 5.41) is 2.51. The lowest BCUT2D eigenvalue weighted by Crippen LogP contribution is -2.41. The Morgan fingerprint density at radius 2 is 1.65 bits per heavy atom. The third-order valence-electron chi connectivity index (χ3n) is 3.52. The Kier molecular flexibility index (Phi) is 6.25. The number of rotatable bonds is 7. The number of hydrogen-bond donors (Lipinski definition) is 1. The maximum absolute atomic E-state index is 13.9. The minimum absolute atomic E-state index is 0.188. The van der Waals surface area contributed by atoms with E-state index in [2.05, 4.69) is 5.32 Å². The van der Waals surface area contributed by atoms with E-state index in [1.54, 1.807) is 12.1 Å². The number of carbonyl (C=O) groups excluding carboxylic acids is 1. The van der Waals surface area contributed by atoms with Crippen LogP contribution in [0.15, 0.2) is 42.5 Å². The van der Waals surface area contributed by atoms with Crippen molar-refractivity contribution < 1.29 is 26.4 Å². The molecule has 0 aliphatic carbocycles. The Balaban J connectivity index is 2.01. The van der Waals surface area contributed by atoms with Gasteiger partial charge in [-0.05, 0) is 36.2 Å². The quantitative estimate of drug-likeness (QED) is 0.794. The van der Waals surface area contributed by atoms with E-state index >= 15 is 0 Å². The van der Waals surface area contributed by atoms with Crippen molar-refractivity contribution in [3.63, 3.8) is 0 Å². The van der Waals surface area contributed by atoms with Crippen molar-refractivity contribution in [3.05, 3.63) is 65.5 Å².